The van der Waals surface area contributed by atoms with Gasteiger partial charge in [-0.05, 0) is 58.6 Å². The molecule has 0 unspecified atom stereocenters. The van der Waals surface area contributed by atoms with Crippen molar-refractivity contribution in [3.8, 4) is 0 Å². The van der Waals surface area contributed by atoms with E-state index in [1.54, 1.807) is 0 Å². The minimum atomic E-state index is 0.944. The third-order valence-corrected chi connectivity index (χ3v) is 3.30. The predicted octanol–water partition coefficient (Wildman–Crippen LogP) is 3.23. The molecule has 0 N–H and O–H groups in total. The first-order valence-electron chi connectivity index (χ1n) is 5.89. The lowest BCUT2D eigenvalue weighted by Crippen LogP contribution is -2.22. The van der Waals surface area contributed by atoms with Crippen LogP contribution in [0.1, 0.15) is 11.1 Å². The van der Waals surface area contributed by atoms with Gasteiger partial charge >= 0.3 is 0 Å². The van der Waals surface area contributed by atoms with Gasteiger partial charge in [0.2, 0.25) is 0 Å². The first-order valence-corrected chi connectivity index (χ1v) is 6.68. The molecule has 0 aliphatic carbocycles. The maximum Gasteiger partial charge on any atom is 0.131 e. The minimum absolute atomic E-state index is 0.944. The molecule has 18 heavy (non-hydrogen) atoms. The molecule has 0 saturated carbocycles. The lowest BCUT2D eigenvalue weighted by molar-refractivity contribution is 0.853. The molecule has 0 aromatic carbocycles. The van der Waals surface area contributed by atoms with E-state index in [1.807, 2.05) is 18.6 Å². The molecule has 0 amide bonds. The summed E-state index contributed by atoms with van der Waals surface area (Å²) in [5, 5.41) is 0. The van der Waals surface area contributed by atoms with Gasteiger partial charge in [-0.15, -0.1) is 0 Å². The number of hydrogen-bond donors (Lipinski definition) is 0. The van der Waals surface area contributed by atoms with Gasteiger partial charge in [0.1, 0.15) is 5.82 Å². The number of anilines is 1. The number of aryl methyl sites for hydroxylation is 1. The Hall–Kier alpha value is -1.42. The average Bonchev–Trinajstić information content (AvgIpc) is 2.37. The highest BCUT2D eigenvalue weighted by Gasteiger charge is 2.06. The fraction of sp³-hybridized carbons (Fsp3) is 0.286. The number of rotatable bonds is 4. The summed E-state index contributed by atoms with van der Waals surface area (Å²) in [4.78, 5) is 10.7. The summed E-state index contributed by atoms with van der Waals surface area (Å²) >= 11 is 3.43. The average molecular weight is 306 g/mol. The van der Waals surface area contributed by atoms with Crippen molar-refractivity contribution in [2.24, 2.45) is 0 Å². The van der Waals surface area contributed by atoms with Crippen LogP contribution >= 0.6 is 15.9 Å². The Morgan fingerprint density at radius 2 is 2.00 bits per heavy atom. The van der Waals surface area contributed by atoms with E-state index in [9.17, 15) is 0 Å². The zero-order valence-electron chi connectivity index (χ0n) is 10.6. The smallest absolute Gasteiger partial charge is 0.131 e. The predicted molar refractivity (Wildman–Crippen MR) is 77.9 cm³/mol. The standard InChI is InChI=1S/C14H16BrN3/c1-11-9-13(15)10-17-14(11)18(2)8-5-12-3-6-16-7-4-12/h3-4,6-7,9-10H,5,8H2,1-2H3. The normalized spacial score (nSPS) is 10.4. The first kappa shape index (κ1) is 13.0. The lowest BCUT2D eigenvalue weighted by atomic mass is 10.2. The molecule has 0 aliphatic heterocycles. The van der Waals surface area contributed by atoms with Crippen molar-refractivity contribution < 1.29 is 0 Å². The highest BCUT2D eigenvalue weighted by Crippen LogP contribution is 2.19. The van der Waals surface area contributed by atoms with Crippen molar-refractivity contribution >= 4 is 21.7 Å². The number of hydrogen-bond acceptors (Lipinski definition) is 3. The highest BCUT2D eigenvalue weighted by atomic mass is 79.9. The Bertz CT molecular complexity index is 514. The monoisotopic (exact) mass is 305 g/mol. The van der Waals surface area contributed by atoms with Crippen LogP contribution in [0.4, 0.5) is 5.82 Å². The molecule has 2 heterocycles. The van der Waals surface area contributed by atoms with Crippen molar-refractivity contribution in [2.45, 2.75) is 13.3 Å². The number of nitrogens with zero attached hydrogens (tertiary/aromatic N) is 3. The molecule has 0 fully saturated rings. The van der Waals surface area contributed by atoms with E-state index in [-0.39, 0.29) is 0 Å². The van der Waals surface area contributed by atoms with Gasteiger partial charge in [0.05, 0.1) is 0 Å². The summed E-state index contributed by atoms with van der Waals surface area (Å²) in [5.41, 5.74) is 2.48. The molecular weight excluding hydrogens is 290 g/mol. The maximum absolute atomic E-state index is 4.46. The Balaban J connectivity index is 2.01. The van der Waals surface area contributed by atoms with Crippen LogP contribution in [0.5, 0.6) is 0 Å². The SMILES string of the molecule is Cc1cc(Br)cnc1N(C)CCc1ccncc1. The topological polar surface area (TPSA) is 29.0 Å². The molecule has 2 aromatic heterocycles. The molecule has 0 aliphatic rings. The summed E-state index contributed by atoms with van der Waals surface area (Å²) in [7, 11) is 2.07. The maximum atomic E-state index is 4.46. The lowest BCUT2D eigenvalue weighted by Gasteiger charge is -2.20. The van der Waals surface area contributed by atoms with Gasteiger partial charge in [-0.2, -0.15) is 0 Å². The van der Waals surface area contributed by atoms with Crippen LogP contribution in [0, 0.1) is 6.92 Å². The molecule has 2 aromatic rings. The molecule has 0 atom stereocenters. The largest absolute Gasteiger partial charge is 0.359 e. The summed E-state index contributed by atoms with van der Waals surface area (Å²) in [6.07, 6.45) is 6.50. The number of pyridine rings is 2. The van der Waals surface area contributed by atoms with E-state index >= 15 is 0 Å². The van der Waals surface area contributed by atoms with Gasteiger partial charge in [0, 0.05) is 36.7 Å². The molecule has 0 radical (unpaired) electrons. The van der Waals surface area contributed by atoms with E-state index in [1.165, 1.54) is 11.1 Å². The molecule has 3 nitrogen and oxygen atoms in total. The van der Waals surface area contributed by atoms with E-state index in [4.69, 9.17) is 0 Å². The number of aromatic nitrogens is 2. The zero-order valence-corrected chi connectivity index (χ0v) is 12.2. The Morgan fingerprint density at radius 3 is 2.67 bits per heavy atom. The number of likely N-dealkylation sites (N-methyl/N-ethyl adjacent to an activating group) is 1. The zero-order chi connectivity index (χ0) is 13.0. The second kappa shape index (κ2) is 5.96. The van der Waals surface area contributed by atoms with Crippen LogP contribution < -0.4 is 4.90 Å². The number of halogens is 1. The van der Waals surface area contributed by atoms with E-state index < -0.39 is 0 Å². The van der Waals surface area contributed by atoms with Crippen molar-refractivity contribution in [3.63, 3.8) is 0 Å². The third kappa shape index (κ3) is 3.29. The quantitative estimate of drug-likeness (QED) is 0.868. The van der Waals surface area contributed by atoms with E-state index in [0.29, 0.717) is 0 Å². The summed E-state index contributed by atoms with van der Waals surface area (Å²) in [5.74, 6) is 1.03. The second-order valence-corrected chi connectivity index (χ2v) is 5.24. The molecule has 2 rings (SSSR count). The van der Waals surface area contributed by atoms with Crippen LogP contribution in [0.3, 0.4) is 0 Å². The van der Waals surface area contributed by atoms with Gasteiger partial charge in [-0.3, -0.25) is 4.98 Å². The van der Waals surface area contributed by atoms with E-state index in [2.05, 4.69) is 63.0 Å². The molecule has 0 bridgehead atoms. The third-order valence-electron chi connectivity index (χ3n) is 2.86. The minimum Gasteiger partial charge on any atom is -0.359 e. The van der Waals surface area contributed by atoms with Gasteiger partial charge in [-0.25, -0.2) is 4.98 Å². The van der Waals surface area contributed by atoms with Crippen molar-refractivity contribution in [2.75, 3.05) is 18.5 Å². The molecule has 0 spiro atoms. The summed E-state index contributed by atoms with van der Waals surface area (Å²) in [6, 6.07) is 6.19. The van der Waals surface area contributed by atoms with Crippen molar-refractivity contribution in [1.29, 1.82) is 0 Å². The Labute approximate surface area is 116 Å². The van der Waals surface area contributed by atoms with Gasteiger partial charge in [0.15, 0.2) is 0 Å². The first-order chi connectivity index (χ1) is 8.66. The van der Waals surface area contributed by atoms with Gasteiger partial charge < -0.3 is 4.90 Å². The van der Waals surface area contributed by atoms with Crippen LogP contribution in [-0.4, -0.2) is 23.6 Å². The van der Waals surface area contributed by atoms with Crippen molar-refractivity contribution in [1.82, 2.24) is 9.97 Å². The summed E-state index contributed by atoms with van der Waals surface area (Å²) < 4.78 is 1.02. The highest BCUT2D eigenvalue weighted by molar-refractivity contribution is 9.10. The van der Waals surface area contributed by atoms with Gasteiger partial charge in [0.25, 0.3) is 0 Å². The molecular formula is C14H16BrN3. The molecule has 94 valence electrons. The van der Waals surface area contributed by atoms with Crippen LogP contribution in [0.2, 0.25) is 0 Å². The Morgan fingerprint density at radius 1 is 1.28 bits per heavy atom. The van der Waals surface area contributed by atoms with E-state index in [0.717, 1.165) is 23.3 Å². The molecule has 0 saturated heterocycles. The fourth-order valence-corrected chi connectivity index (χ4v) is 2.33. The van der Waals surface area contributed by atoms with Gasteiger partial charge in [-0.1, -0.05) is 0 Å². The molecule has 4 heteroatoms. The van der Waals surface area contributed by atoms with Crippen LogP contribution in [0.25, 0.3) is 0 Å². The van der Waals surface area contributed by atoms with Crippen LogP contribution in [-0.2, 0) is 6.42 Å². The fourth-order valence-electron chi connectivity index (χ4n) is 1.89. The van der Waals surface area contributed by atoms with Crippen molar-refractivity contribution in [3.05, 3.63) is 52.4 Å². The Kier molecular flexibility index (Phi) is 4.31. The van der Waals surface area contributed by atoms with Crippen LogP contribution in [0.15, 0.2) is 41.3 Å². The second-order valence-electron chi connectivity index (χ2n) is 4.32. The summed E-state index contributed by atoms with van der Waals surface area (Å²) in [6.45, 7) is 3.02.